The molecule has 0 fully saturated rings. The van der Waals surface area contributed by atoms with Gasteiger partial charge < -0.3 is 0 Å². The van der Waals surface area contributed by atoms with Crippen LogP contribution in [0.25, 0.3) is 11.1 Å². The van der Waals surface area contributed by atoms with Crippen molar-refractivity contribution in [3.8, 4) is 11.1 Å². The summed E-state index contributed by atoms with van der Waals surface area (Å²) in [7, 11) is 0. The first-order chi connectivity index (χ1) is 8.00. The highest BCUT2D eigenvalue weighted by Crippen LogP contribution is 2.38. The minimum atomic E-state index is -0.710. The van der Waals surface area contributed by atoms with Gasteiger partial charge in [0.1, 0.15) is 5.15 Å². The van der Waals surface area contributed by atoms with E-state index >= 15 is 0 Å². The van der Waals surface area contributed by atoms with Crippen LogP contribution in [0.15, 0.2) is 24.3 Å². The molecule has 0 saturated heterocycles. The van der Waals surface area contributed by atoms with E-state index in [1.807, 2.05) is 0 Å². The van der Waals surface area contributed by atoms with Crippen molar-refractivity contribution in [1.29, 1.82) is 0 Å². The number of nitrogens with zero attached hydrogens (tertiary/aromatic N) is 1. The molecule has 0 spiro atoms. The van der Waals surface area contributed by atoms with Crippen molar-refractivity contribution < 1.29 is 4.39 Å². The Labute approximate surface area is 117 Å². The maximum atomic E-state index is 13.6. The van der Waals surface area contributed by atoms with Crippen LogP contribution >= 0.6 is 46.4 Å². The summed E-state index contributed by atoms with van der Waals surface area (Å²) in [5.41, 5.74) is 0.640. The molecule has 1 aromatic carbocycles. The number of hydrogen-bond donors (Lipinski definition) is 0. The first-order valence-corrected chi connectivity index (χ1v) is 5.98. The van der Waals surface area contributed by atoms with E-state index in [1.54, 1.807) is 12.1 Å². The van der Waals surface area contributed by atoms with Crippen molar-refractivity contribution >= 4 is 46.4 Å². The van der Waals surface area contributed by atoms with E-state index in [-0.39, 0.29) is 20.8 Å². The van der Waals surface area contributed by atoms with Gasteiger partial charge in [-0.2, -0.15) is 4.39 Å². The summed E-state index contributed by atoms with van der Waals surface area (Å²) >= 11 is 23.2. The largest absolute Gasteiger partial charge is 0.222 e. The van der Waals surface area contributed by atoms with Gasteiger partial charge in [0.2, 0.25) is 5.95 Å². The molecule has 0 unspecified atom stereocenters. The van der Waals surface area contributed by atoms with Crippen molar-refractivity contribution in [3.05, 3.63) is 50.4 Å². The smallest absolute Gasteiger partial charge is 0.207 e. The molecule has 1 aromatic heterocycles. The van der Waals surface area contributed by atoms with Crippen LogP contribution in [0.1, 0.15) is 0 Å². The van der Waals surface area contributed by atoms with E-state index < -0.39 is 5.95 Å². The van der Waals surface area contributed by atoms with Gasteiger partial charge in [0, 0.05) is 11.1 Å². The Balaban J connectivity index is 2.65. The lowest BCUT2D eigenvalue weighted by atomic mass is 10.1. The molecule has 1 nitrogen and oxygen atoms in total. The van der Waals surface area contributed by atoms with Crippen molar-refractivity contribution in [3.63, 3.8) is 0 Å². The molecule has 0 N–H and O–H groups in total. The number of aromatic nitrogens is 1. The molecule has 1 heterocycles. The van der Waals surface area contributed by atoms with Crippen LogP contribution in [-0.4, -0.2) is 4.98 Å². The van der Waals surface area contributed by atoms with Gasteiger partial charge in [-0.25, -0.2) is 4.98 Å². The summed E-state index contributed by atoms with van der Waals surface area (Å²) in [6, 6.07) is 6.07. The van der Waals surface area contributed by atoms with Crippen molar-refractivity contribution in [2.75, 3.05) is 0 Å². The Morgan fingerprint density at radius 3 is 2.12 bits per heavy atom. The molecule has 17 heavy (non-hydrogen) atoms. The fraction of sp³-hybridized carbons (Fsp3) is 0. The third-order valence-corrected chi connectivity index (χ3v) is 3.64. The zero-order chi connectivity index (χ0) is 12.6. The van der Waals surface area contributed by atoms with E-state index in [0.717, 1.165) is 0 Å². The average molecular weight is 311 g/mol. The monoisotopic (exact) mass is 309 g/mol. The number of benzene rings is 1. The minimum absolute atomic E-state index is 0.0717. The zero-order valence-electron chi connectivity index (χ0n) is 8.15. The van der Waals surface area contributed by atoms with Gasteiger partial charge in [-0.3, -0.25) is 0 Å². The highest BCUT2D eigenvalue weighted by atomic mass is 35.5. The molecule has 2 aromatic rings. The molecule has 0 amide bonds. The minimum Gasteiger partial charge on any atom is -0.207 e. The molecular formula is C11H4Cl4FN. The highest BCUT2D eigenvalue weighted by Gasteiger charge is 2.14. The Bertz CT molecular complexity index is 586. The third-order valence-electron chi connectivity index (χ3n) is 2.14. The van der Waals surface area contributed by atoms with Gasteiger partial charge in [0.05, 0.1) is 15.1 Å². The Morgan fingerprint density at radius 2 is 1.47 bits per heavy atom. The molecule has 0 saturated carbocycles. The van der Waals surface area contributed by atoms with Gasteiger partial charge in [0.15, 0.2) is 0 Å². The standard InChI is InChI=1S/C11H4Cl4FN/c12-7-3-1-5(9(14)10(7)15)6-2-4-8(13)17-11(6)16/h1-4H. The summed E-state index contributed by atoms with van der Waals surface area (Å²) in [6.45, 7) is 0. The predicted octanol–water partition coefficient (Wildman–Crippen LogP) is 5.50. The topological polar surface area (TPSA) is 12.9 Å². The third kappa shape index (κ3) is 2.50. The molecule has 6 heteroatoms. The number of rotatable bonds is 1. The van der Waals surface area contributed by atoms with Crippen LogP contribution in [0.4, 0.5) is 4.39 Å². The van der Waals surface area contributed by atoms with Crippen LogP contribution in [0.2, 0.25) is 20.2 Å². The second-order valence-corrected chi connectivity index (χ2v) is 4.75. The zero-order valence-corrected chi connectivity index (χ0v) is 11.2. The van der Waals surface area contributed by atoms with Gasteiger partial charge in [-0.1, -0.05) is 52.5 Å². The average Bonchev–Trinajstić information content (AvgIpc) is 2.28. The van der Waals surface area contributed by atoms with E-state index in [9.17, 15) is 4.39 Å². The predicted molar refractivity (Wildman–Crippen MR) is 69.7 cm³/mol. The normalized spacial score (nSPS) is 10.6. The van der Waals surface area contributed by atoms with Gasteiger partial charge in [-0.15, -0.1) is 0 Å². The fourth-order valence-corrected chi connectivity index (χ4v) is 2.12. The van der Waals surface area contributed by atoms with Crippen LogP contribution < -0.4 is 0 Å². The van der Waals surface area contributed by atoms with Crippen LogP contribution in [0.5, 0.6) is 0 Å². The molecule has 2 rings (SSSR count). The lowest BCUT2D eigenvalue weighted by Gasteiger charge is -2.08. The number of halogens is 5. The van der Waals surface area contributed by atoms with Crippen LogP contribution in [0.3, 0.4) is 0 Å². The molecular weight excluding hydrogens is 307 g/mol. The van der Waals surface area contributed by atoms with E-state index in [1.165, 1.54) is 12.1 Å². The highest BCUT2D eigenvalue weighted by molar-refractivity contribution is 6.49. The van der Waals surface area contributed by atoms with Crippen LogP contribution in [0, 0.1) is 5.95 Å². The van der Waals surface area contributed by atoms with Gasteiger partial charge in [0.25, 0.3) is 0 Å². The van der Waals surface area contributed by atoms with E-state index in [0.29, 0.717) is 10.6 Å². The van der Waals surface area contributed by atoms with Gasteiger partial charge in [-0.05, 0) is 18.2 Å². The molecule has 0 radical (unpaired) electrons. The number of pyridine rings is 1. The Morgan fingerprint density at radius 1 is 0.824 bits per heavy atom. The molecule has 0 bridgehead atoms. The summed E-state index contributed by atoms with van der Waals surface area (Å²) in [4.78, 5) is 3.51. The van der Waals surface area contributed by atoms with Crippen molar-refractivity contribution in [2.24, 2.45) is 0 Å². The Kier molecular flexibility index (Phi) is 3.79. The van der Waals surface area contributed by atoms with Gasteiger partial charge >= 0.3 is 0 Å². The van der Waals surface area contributed by atoms with E-state index in [2.05, 4.69) is 4.98 Å². The quantitative estimate of drug-likeness (QED) is 0.500. The summed E-state index contributed by atoms with van der Waals surface area (Å²) < 4.78 is 13.6. The van der Waals surface area contributed by atoms with Crippen LogP contribution in [-0.2, 0) is 0 Å². The fourth-order valence-electron chi connectivity index (χ4n) is 1.35. The molecule has 88 valence electrons. The second-order valence-electron chi connectivity index (χ2n) is 3.20. The maximum absolute atomic E-state index is 13.6. The molecule has 0 atom stereocenters. The van der Waals surface area contributed by atoms with Crippen molar-refractivity contribution in [1.82, 2.24) is 4.98 Å². The maximum Gasteiger partial charge on any atom is 0.222 e. The molecule has 0 aliphatic rings. The van der Waals surface area contributed by atoms with E-state index in [4.69, 9.17) is 46.4 Å². The first kappa shape index (κ1) is 12.9. The lowest BCUT2D eigenvalue weighted by molar-refractivity contribution is 0.588. The summed E-state index contributed by atoms with van der Waals surface area (Å²) in [6.07, 6.45) is 0. The first-order valence-electron chi connectivity index (χ1n) is 4.46. The molecule has 0 aliphatic carbocycles. The number of hydrogen-bond acceptors (Lipinski definition) is 1. The SMILES string of the molecule is Fc1nc(Cl)ccc1-c1ccc(Cl)c(Cl)c1Cl. The molecule has 0 aliphatic heterocycles. The van der Waals surface area contributed by atoms with Crippen molar-refractivity contribution in [2.45, 2.75) is 0 Å². The lowest BCUT2D eigenvalue weighted by Crippen LogP contribution is -1.90. The summed E-state index contributed by atoms with van der Waals surface area (Å²) in [5, 5.41) is 0.743. The second kappa shape index (κ2) is 4.99. The summed E-state index contributed by atoms with van der Waals surface area (Å²) in [5.74, 6) is -0.710. The Hall–Kier alpha value is -0.540.